The normalized spacial score (nSPS) is 16.9. The van der Waals surface area contributed by atoms with Crippen LogP contribution in [0.3, 0.4) is 0 Å². The molecule has 0 radical (unpaired) electrons. The van der Waals surface area contributed by atoms with Crippen LogP contribution in [0, 0.1) is 19.8 Å². The number of thiazole rings is 1. The molecule has 174 valence electrons. The lowest BCUT2D eigenvalue weighted by Gasteiger charge is -2.28. The van der Waals surface area contributed by atoms with Crippen molar-refractivity contribution in [2.45, 2.75) is 59.0 Å². The van der Waals surface area contributed by atoms with Gasteiger partial charge in [-0.1, -0.05) is 38.1 Å². The number of hydrogen-bond donors (Lipinski definition) is 1. The molecule has 7 nitrogen and oxygen atoms in total. The van der Waals surface area contributed by atoms with Crippen LogP contribution in [-0.2, 0) is 16.1 Å². The van der Waals surface area contributed by atoms with Crippen molar-refractivity contribution in [2.75, 3.05) is 6.54 Å². The number of hydrogen-bond acceptors (Lipinski definition) is 6. The van der Waals surface area contributed by atoms with Gasteiger partial charge < -0.3 is 14.6 Å². The van der Waals surface area contributed by atoms with E-state index in [1.165, 1.54) is 0 Å². The maximum Gasteiger partial charge on any atom is 0.243 e. The zero-order valence-electron chi connectivity index (χ0n) is 19.5. The Morgan fingerprint density at radius 2 is 2.00 bits per heavy atom. The van der Waals surface area contributed by atoms with Crippen LogP contribution < -0.4 is 5.32 Å². The van der Waals surface area contributed by atoms with Crippen molar-refractivity contribution in [1.29, 1.82) is 0 Å². The fourth-order valence-corrected chi connectivity index (χ4v) is 5.14. The van der Waals surface area contributed by atoms with E-state index >= 15 is 0 Å². The molecule has 1 aliphatic rings. The minimum atomic E-state index is -0.491. The predicted octanol–water partition coefficient (Wildman–Crippen LogP) is 4.46. The van der Waals surface area contributed by atoms with Crippen LogP contribution >= 0.6 is 11.3 Å². The Balaban J connectivity index is 1.40. The summed E-state index contributed by atoms with van der Waals surface area (Å²) in [5.41, 5.74) is 5.75. The first-order valence-electron chi connectivity index (χ1n) is 11.3. The molecule has 33 heavy (non-hydrogen) atoms. The van der Waals surface area contributed by atoms with Crippen molar-refractivity contribution in [3.8, 4) is 10.4 Å². The van der Waals surface area contributed by atoms with E-state index in [4.69, 9.17) is 4.42 Å². The van der Waals surface area contributed by atoms with Crippen LogP contribution in [0.2, 0.25) is 0 Å². The summed E-state index contributed by atoms with van der Waals surface area (Å²) in [6.45, 7) is 8.79. The molecule has 1 aromatic carbocycles. The number of aryl methyl sites for hydroxylation is 2. The highest BCUT2D eigenvalue weighted by Gasteiger charge is 2.40. The Kier molecular flexibility index (Phi) is 6.93. The molecular formula is C25H30N4O3S. The van der Waals surface area contributed by atoms with Crippen LogP contribution in [0.4, 0.5) is 0 Å². The second-order valence-electron chi connectivity index (χ2n) is 8.92. The van der Waals surface area contributed by atoms with Crippen LogP contribution in [0.5, 0.6) is 0 Å². The molecular weight excluding hydrogens is 436 g/mol. The number of amides is 2. The van der Waals surface area contributed by atoms with Gasteiger partial charge in [0.1, 0.15) is 18.2 Å². The second kappa shape index (κ2) is 9.87. The molecule has 1 N–H and O–H groups in total. The van der Waals surface area contributed by atoms with Crippen molar-refractivity contribution in [1.82, 2.24) is 20.2 Å². The van der Waals surface area contributed by atoms with Gasteiger partial charge >= 0.3 is 0 Å². The summed E-state index contributed by atoms with van der Waals surface area (Å²) in [5, 5.41) is 3.02. The first-order valence-corrected chi connectivity index (χ1v) is 12.2. The van der Waals surface area contributed by atoms with Gasteiger partial charge in [0.15, 0.2) is 0 Å². The topological polar surface area (TPSA) is 88.3 Å². The van der Waals surface area contributed by atoms with Crippen molar-refractivity contribution in [3.63, 3.8) is 0 Å². The van der Waals surface area contributed by atoms with Gasteiger partial charge in [-0.05, 0) is 43.7 Å². The number of aromatic nitrogens is 2. The van der Waals surface area contributed by atoms with E-state index in [-0.39, 0.29) is 17.7 Å². The number of nitrogens with zero attached hydrogens (tertiary/aromatic N) is 3. The van der Waals surface area contributed by atoms with Gasteiger partial charge in [-0.25, -0.2) is 9.97 Å². The number of nitrogens with one attached hydrogen (secondary N) is 1. The molecule has 1 fully saturated rings. The monoisotopic (exact) mass is 466 g/mol. The molecule has 1 saturated heterocycles. The maximum absolute atomic E-state index is 13.4. The second-order valence-corrected chi connectivity index (χ2v) is 9.77. The van der Waals surface area contributed by atoms with E-state index in [9.17, 15) is 9.59 Å². The number of rotatable bonds is 7. The molecule has 2 aromatic heterocycles. The number of carbonyl (C=O) groups is 2. The number of oxazole rings is 1. The molecule has 2 unspecified atom stereocenters. The van der Waals surface area contributed by atoms with Crippen molar-refractivity contribution < 1.29 is 14.0 Å². The summed E-state index contributed by atoms with van der Waals surface area (Å²) < 4.78 is 5.55. The lowest BCUT2D eigenvalue weighted by Crippen LogP contribution is -2.48. The molecule has 8 heteroatoms. The van der Waals surface area contributed by atoms with Crippen LogP contribution in [0.25, 0.3) is 10.4 Å². The zero-order valence-corrected chi connectivity index (χ0v) is 20.3. The zero-order chi connectivity index (χ0) is 23.5. The van der Waals surface area contributed by atoms with Gasteiger partial charge in [0.05, 0.1) is 21.8 Å². The Hall–Kier alpha value is -3.00. The number of carbonyl (C=O) groups excluding carboxylic acids is 2. The summed E-state index contributed by atoms with van der Waals surface area (Å²) in [6.07, 6.45) is 3.03. The molecule has 0 saturated carbocycles. The van der Waals surface area contributed by atoms with Gasteiger partial charge in [0.25, 0.3) is 0 Å². The quantitative estimate of drug-likeness (QED) is 0.555. The highest BCUT2D eigenvalue weighted by molar-refractivity contribution is 7.13. The van der Waals surface area contributed by atoms with E-state index in [0.29, 0.717) is 25.4 Å². The number of benzene rings is 1. The Bertz CT molecular complexity index is 1120. The van der Waals surface area contributed by atoms with E-state index < -0.39 is 12.0 Å². The molecule has 3 heterocycles. The Morgan fingerprint density at radius 3 is 2.61 bits per heavy atom. The third kappa shape index (κ3) is 5.00. The maximum atomic E-state index is 13.4. The summed E-state index contributed by atoms with van der Waals surface area (Å²) >= 11 is 1.62. The molecule has 3 aromatic rings. The molecule has 0 aliphatic carbocycles. The predicted molar refractivity (Wildman–Crippen MR) is 128 cm³/mol. The molecule has 2 amide bonds. The van der Waals surface area contributed by atoms with E-state index in [1.807, 2.05) is 45.3 Å². The lowest BCUT2D eigenvalue weighted by molar-refractivity contribution is -0.140. The fourth-order valence-electron chi connectivity index (χ4n) is 4.33. The minimum absolute atomic E-state index is 0.0144. The summed E-state index contributed by atoms with van der Waals surface area (Å²) in [4.78, 5) is 38.0. The van der Waals surface area contributed by atoms with Gasteiger partial charge in [-0.3, -0.25) is 9.59 Å². The molecule has 0 bridgehead atoms. The van der Waals surface area contributed by atoms with E-state index in [0.717, 1.165) is 33.8 Å². The summed E-state index contributed by atoms with van der Waals surface area (Å²) in [7, 11) is 0. The van der Waals surface area contributed by atoms with Crippen LogP contribution in [0.15, 0.2) is 40.5 Å². The third-order valence-electron chi connectivity index (χ3n) is 6.10. The minimum Gasteiger partial charge on any atom is -0.448 e. The first-order chi connectivity index (χ1) is 15.8. The smallest absolute Gasteiger partial charge is 0.243 e. The highest BCUT2D eigenvalue weighted by Crippen LogP contribution is 2.30. The average molecular weight is 467 g/mol. The largest absolute Gasteiger partial charge is 0.448 e. The lowest BCUT2D eigenvalue weighted by atomic mass is 9.93. The Labute approximate surface area is 198 Å². The average Bonchev–Trinajstić information content (AvgIpc) is 3.53. The molecule has 0 spiro atoms. The molecule has 4 rings (SSSR count). The molecule has 2 atom stereocenters. The van der Waals surface area contributed by atoms with Gasteiger partial charge in [-0.2, -0.15) is 0 Å². The number of likely N-dealkylation sites (tertiary alicyclic amines) is 1. The van der Waals surface area contributed by atoms with E-state index in [2.05, 4.69) is 27.4 Å². The van der Waals surface area contributed by atoms with Crippen molar-refractivity contribution in [3.05, 3.63) is 58.9 Å². The standard InChI is InChI=1S/C25H30N4O3S/c1-15(2)21(24-28-16(3)13-32-24)25(31)29-11-5-6-20(29)23(30)26-12-18-7-9-19(10-8-18)22-17(4)27-14-33-22/h7-10,13-15,20-21H,5-6,11-12H2,1-4H3,(H,26,30). The van der Waals surface area contributed by atoms with Crippen molar-refractivity contribution in [2.24, 2.45) is 5.92 Å². The van der Waals surface area contributed by atoms with E-state index in [1.54, 1.807) is 22.5 Å². The fraction of sp³-hybridized carbons (Fsp3) is 0.440. The highest BCUT2D eigenvalue weighted by atomic mass is 32.1. The van der Waals surface area contributed by atoms with Crippen LogP contribution in [-0.4, -0.2) is 39.3 Å². The summed E-state index contributed by atoms with van der Waals surface area (Å²) in [5.74, 6) is -0.256. The SMILES string of the molecule is Cc1coc(C(C(=O)N2CCCC2C(=O)NCc2ccc(-c3scnc3C)cc2)C(C)C)n1. The Morgan fingerprint density at radius 1 is 1.24 bits per heavy atom. The van der Waals surface area contributed by atoms with Gasteiger partial charge in [0.2, 0.25) is 17.7 Å². The van der Waals surface area contributed by atoms with Gasteiger partial charge in [-0.15, -0.1) is 11.3 Å². The van der Waals surface area contributed by atoms with Gasteiger partial charge in [0, 0.05) is 13.1 Å². The van der Waals surface area contributed by atoms with Crippen molar-refractivity contribution >= 4 is 23.2 Å². The molecule has 1 aliphatic heterocycles. The third-order valence-corrected chi connectivity index (χ3v) is 7.08. The first kappa shape index (κ1) is 23.2. The summed E-state index contributed by atoms with van der Waals surface area (Å²) in [6, 6.07) is 7.68. The van der Waals surface area contributed by atoms with Crippen LogP contribution in [0.1, 0.15) is 55.4 Å².